The molecule has 0 unspecified atom stereocenters. The van der Waals surface area contributed by atoms with Crippen molar-refractivity contribution in [1.29, 1.82) is 0 Å². The second-order valence-electron chi connectivity index (χ2n) is 4.86. The number of carbonyl (C=O) groups excluding carboxylic acids is 1. The third kappa shape index (κ3) is 3.52. The van der Waals surface area contributed by atoms with Crippen LogP contribution < -0.4 is 0 Å². The number of imidazole rings is 1. The summed E-state index contributed by atoms with van der Waals surface area (Å²) in [6.07, 6.45) is 6.72. The molecule has 0 N–H and O–H groups in total. The average molecular weight is 343 g/mol. The highest BCUT2D eigenvalue weighted by Gasteiger charge is 2.17. The molecule has 5 heteroatoms. The van der Waals surface area contributed by atoms with E-state index in [0.29, 0.717) is 21.3 Å². The summed E-state index contributed by atoms with van der Waals surface area (Å²) in [6.45, 7) is 0. The van der Waals surface area contributed by atoms with Crippen LogP contribution in [0.5, 0.6) is 0 Å². The van der Waals surface area contributed by atoms with Crippen molar-refractivity contribution in [2.75, 3.05) is 0 Å². The second kappa shape index (κ2) is 6.82. The Balaban J connectivity index is 2.09. The highest BCUT2D eigenvalue weighted by Crippen LogP contribution is 2.25. The van der Waals surface area contributed by atoms with Crippen molar-refractivity contribution in [3.8, 4) is 0 Å². The number of allylic oxidation sites excluding steroid dienone is 1. The Morgan fingerprint density at radius 3 is 2.52 bits per heavy atom. The van der Waals surface area contributed by atoms with Gasteiger partial charge in [0.2, 0.25) is 5.78 Å². The average Bonchev–Trinajstić information content (AvgIpc) is 3.07. The summed E-state index contributed by atoms with van der Waals surface area (Å²) < 4.78 is 1.67. The molecule has 0 saturated carbocycles. The van der Waals surface area contributed by atoms with Crippen LogP contribution in [0.3, 0.4) is 0 Å². The normalized spacial score (nSPS) is 11.5. The van der Waals surface area contributed by atoms with Crippen LogP contribution in [-0.4, -0.2) is 15.3 Å². The molecule has 0 amide bonds. The van der Waals surface area contributed by atoms with Crippen LogP contribution in [-0.2, 0) is 0 Å². The van der Waals surface area contributed by atoms with Gasteiger partial charge in [-0.1, -0.05) is 53.5 Å². The number of hydrogen-bond acceptors (Lipinski definition) is 2. The van der Waals surface area contributed by atoms with E-state index in [1.54, 1.807) is 47.6 Å². The van der Waals surface area contributed by atoms with Crippen molar-refractivity contribution in [2.24, 2.45) is 0 Å². The number of halogens is 2. The Labute approximate surface area is 143 Å². The maximum Gasteiger partial charge on any atom is 0.211 e. The molecule has 0 aliphatic rings. The Kier molecular flexibility index (Phi) is 4.60. The predicted molar refractivity (Wildman–Crippen MR) is 93.6 cm³/mol. The molecule has 0 bridgehead atoms. The summed E-state index contributed by atoms with van der Waals surface area (Å²) in [5, 5.41) is 0.810. The highest BCUT2D eigenvalue weighted by molar-refractivity contribution is 6.40. The molecule has 114 valence electrons. The van der Waals surface area contributed by atoms with Gasteiger partial charge < -0.3 is 4.57 Å². The summed E-state index contributed by atoms with van der Waals surface area (Å²) in [4.78, 5) is 16.9. The van der Waals surface area contributed by atoms with Crippen LogP contribution in [0.4, 0.5) is 0 Å². The standard InChI is InChI=1S/C18H12Cl2N2O/c19-14-6-7-15(16(20)11-14)18(23)17(22-9-8-21-12-22)10-13-4-2-1-3-5-13/h1-12H/b17-10-. The number of nitrogens with zero attached hydrogens (tertiary/aromatic N) is 2. The number of hydrogen-bond donors (Lipinski definition) is 0. The molecule has 0 fully saturated rings. The molecule has 3 rings (SSSR count). The number of ketones is 1. The molecular weight excluding hydrogens is 331 g/mol. The molecule has 0 saturated heterocycles. The van der Waals surface area contributed by atoms with E-state index in [9.17, 15) is 4.79 Å². The maximum atomic E-state index is 12.9. The number of Topliss-reactive ketones (excluding diaryl/α,β-unsaturated/α-hetero) is 1. The first kappa shape index (κ1) is 15.5. The lowest BCUT2D eigenvalue weighted by atomic mass is 10.1. The fraction of sp³-hybridized carbons (Fsp3) is 0. The first-order chi connectivity index (χ1) is 11.1. The van der Waals surface area contributed by atoms with Crippen LogP contribution in [0.1, 0.15) is 15.9 Å². The molecule has 3 aromatic rings. The molecule has 0 radical (unpaired) electrons. The SMILES string of the molecule is O=C(/C(=C/c1ccccc1)n1ccnc1)c1ccc(Cl)cc1Cl. The van der Waals surface area contributed by atoms with E-state index in [4.69, 9.17) is 23.2 Å². The van der Waals surface area contributed by atoms with E-state index in [2.05, 4.69) is 4.98 Å². The van der Waals surface area contributed by atoms with E-state index in [1.807, 2.05) is 30.3 Å². The van der Waals surface area contributed by atoms with Gasteiger partial charge in [0.25, 0.3) is 0 Å². The monoisotopic (exact) mass is 342 g/mol. The van der Waals surface area contributed by atoms with Gasteiger partial charge >= 0.3 is 0 Å². The largest absolute Gasteiger partial charge is 0.303 e. The molecule has 3 nitrogen and oxygen atoms in total. The lowest BCUT2D eigenvalue weighted by Crippen LogP contribution is -2.08. The third-order valence-electron chi connectivity index (χ3n) is 3.29. The zero-order chi connectivity index (χ0) is 16.2. The van der Waals surface area contributed by atoms with Gasteiger partial charge in [-0.05, 0) is 29.8 Å². The van der Waals surface area contributed by atoms with Crippen molar-refractivity contribution in [2.45, 2.75) is 0 Å². The molecular formula is C18H12Cl2N2O. The lowest BCUT2D eigenvalue weighted by molar-refractivity contribution is 0.105. The minimum absolute atomic E-state index is 0.200. The summed E-state index contributed by atoms with van der Waals surface area (Å²) in [5.41, 5.74) is 1.76. The zero-order valence-electron chi connectivity index (χ0n) is 12.0. The fourth-order valence-electron chi connectivity index (χ4n) is 2.18. The Bertz CT molecular complexity index is 856. The Hall–Kier alpha value is -2.36. The van der Waals surface area contributed by atoms with Gasteiger partial charge in [-0.3, -0.25) is 4.79 Å². The van der Waals surface area contributed by atoms with E-state index in [0.717, 1.165) is 5.56 Å². The van der Waals surface area contributed by atoms with Gasteiger partial charge in [-0.2, -0.15) is 0 Å². The third-order valence-corrected chi connectivity index (χ3v) is 3.84. The number of benzene rings is 2. The van der Waals surface area contributed by atoms with Gasteiger partial charge in [0.15, 0.2) is 0 Å². The van der Waals surface area contributed by atoms with Crippen LogP contribution >= 0.6 is 23.2 Å². The van der Waals surface area contributed by atoms with E-state index in [1.165, 1.54) is 0 Å². The molecule has 0 atom stereocenters. The van der Waals surface area contributed by atoms with Crippen LogP contribution in [0.25, 0.3) is 11.8 Å². The van der Waals surface area contributed by atoms with Crippen molar-refractivity contribution in [1.82, 2.24) is 9.55 Å². The summed E-state index contributed by atoms with van der Waals surface area (Å²) in [6, 6.07) is 14.4. The molecule has 0 aliphatic heterocycles. The van der Waals surface area contributed by atoms with Crippen LogP contribution in [0, 0.1) is 0 Å². The first-order valence-electron chi connectivity index (χ1n) is 6.90. The fourth-order valence-corrected chi connectivity index (χ4v) is 2.67. The number of rotatable bonds is 4. The van der Waals surface area contributed by atoms with E-state index in [-0.39, 0.29) is 5.78 Å². The van der Waals surface area contributed by atoms with E-state index >= 15 is 0 Å². The quantitative estimate of drug-likeness (QED) is 0.490. The summed E-state index contributed by atoms with van der Waals surface area (Å²) in [5.74, 6) is -0.200. The minimum atomic E-state index is -0.200. The smallest absolute Gasteiger partial charge is 0.211 e. The van der Waals surface area contributed by atoms with E-state index < -0.39 is 0 Å². The minimum Gasteiger partial charge on any atom is -0.303 e. The summed E-state index contributed by atoms with van der Waals surface area (Å²) in [7, 11) is 0. The van der Waals surface area contributed by atoms with Gasteiger partial charge in [-0.25, -0.2) is 4.98 Å². The number of aromatic nitrogens is 2. The molecule has 1 aromatic heterocycles. The highest BCUT2D eigenvalue weighted by atomic mass is 35.5. The Morgan fingerprint density at radius 2 is 1.87 bits per heavy atom. The van der Waals surface area contributed by atoms with Crippen LogP contribution in [0.15, 0.2) is 67.3 Å². The van der Waals surface area contributed by atoms with Gasteiger partial charge in [0.1, 0.15) is 0 Å². The predicted octanol–water partition coefficient (Wildman–Crippen LogP) is 5.07. The molecule has 0 aliphatic carbocycles. The van der Waals surface area contributed by atoms with Gasteiger partial charge in [-0.15, -0.1) is 0 Å². The molecule has 1 heterocycles. The Morgan fingerprint density at radius 1 is 1.09 bits per heavy atom. The first-order valence-corrected chi connectivity index (χ1v) is 7.65. The summed E-state index contributed by atoms with van der Waals surface area (Å²) >= 11 is 12.1. The van der Waals surface area contributed by atoms with Crippen molar-refractivity contribution < 1.29 is 4.79 Å². The molecule has 2 aromatic carbocycles. The van der Waals surface area contributed by atoms with Crippen molar-refractivity contribution in [3.05, 3.63) is 88.4 Å². The zero-order valence-corrected chi connectivity index (χ0v) is 13.5. The maximum absolute atomic E-state index is 12.9. The van der Waals surface area contributed by atoms with Crippen molar-refractivity contribution >= 4 is 40.8 Å². The second-order valence-corrected chi connectivity index (χ2v) is 5.71. The van der Waals surface area contributed by atoms with Crippen LogP contribution in [0.2, 0.25) is 10.0 Å². The van der Waals surface area contributed by atoms with Gasteiger partial charge in [0, 0.05) is 23.0 Å². The number of carbonyl (C=O) groups is 1. The topological polar surface area (TPSA) is 34.9 Å². The molecule has 23 heavy (non-hydrogen) atoms. The lowest BCUT2D eigenvalue weighted by Gasteiger charge is -2.10. The van der Waals surface area contributed by atoms with Crippen molar-refractivity contribution in [3.63, 3.8) is 0 Å². The molecule has 0 spiro atoms. The van der Waals surface area contributed by atoms with Gasteiger partial charge in [0.05, 0.1) is 17.0 Å².